The third-order valence-electron chi connectivity index (χ3n) is 5.26. The van der Waals surface area contributed by atoms with E-state index in [0.29, 0.717) is 18.0 Å². The fourth-order valence-corrected chi connectivity index (χ4v) is 3.51. The Morgan fingerprint density at radius 2 is 1.67 bits per heavy atom. The second kappa shape index (κ2) is 8.71. The van der Waals surface area contributed by atoms with Crippen LogP contribution >= 0.6 is 0 Å². The first-order chi connectivity index (χ1) is 11.4. The van der Waals surface area contributed by atoms with Crippen LogP contribution in [0.1, 0.15) is 65.9 Å². The smallest absolute Gasteiger partial charge is 0.0371 e. The Morgan fingerprint density at radius 3 is 2.12 bits per heavy atom. The molecule has 2 rings (SSSR count). The topological polar surface area (TPSA) is 6.48 Å². The maximum Gasteiger partial charge on any atom is 0.0371 e. The molecule has 0 radical (unpaired) electrons. The zero-order chi connectivity index (χ0) is 17.7. The van der Waals surface area contributed by atoms with Gasteiger partial charge < -0.3 is 9.80 Å². The molecule has 0 amide bonds. The molecule has 0 aliphatic carbocycles. The molecule has 0 aromatic heterocycles. The third kappa shape index (κ3) is 5.11. The standard InChI is InChI=1S/C22H36N2/c1-17(2)11-16-24(21-9-7-20(8-10-21)18(3)4)22-12-14-23(15-13-22)19(5)6/h7-11,18-19,22H,12-16H2,1-6H3. The van der Waals surface area contributed by atoms with Crippen molar-refractivity contribution in [1.82, 2.24) is 4.90 Å². The Labute approximate surface area is 149 Å². The van der Waals surface area contributed by atoms with Crippen molar-refractivity contribution in [2.45, 2.75) is 72.4 Å². The van der Waals surface area contributed by atoms with Gasteiger partial charge in [-0.2, -0.15) is 0 Å². The van der Waals surface area contributed by atoms with Crippen LogP contribution in [0, 0.1) is 0 Å². The van der Waals surface area contributed by atoms with E-state index in [4.69, 9.17) is 0 Å². The number of anilines is 1. The minimum Gasteiger partial charge on any atom is -0.365 e. The molecule has 2 heteroatoms. The highest BCUT2D eigenvalue weighted by atomic mass is 15.2. The number of nitrogens with zero attached hydrogens (tertiary/aromatic N) is 2. The fourth-order valence-electron chi connectivity index (χ4n) is 3.51. The molecular weight excluding hydrogens is 292 g/mol. The van der Waals surface area contributed by atoms with Crippen molar-refractivity contribution in [2.24, 2.45) is 0 Å². The molecule has 1 aliphatic rings. The van der Waals surface area contributed by atoms with Gasteiger partial charge in [-0.05, 0) is 64.2 Å². The number of hydrogen-bond acceptors (Lipinski definition) is 2. The molecule has 0 atom stereocenters. The van der Waals surface area contributed by atoms with Crippen molar-refractivity contribution in [2.75, 3.05) is 24.5 Å². The van der Waals surface area contributed by atoms with Crippen LogP contribution in [0.5, 0.6) is 0 Å². The molecule has 0 N–H and O–H groups in total. The summed E-state index contributed by atoms with van der Waals surface area (Å²) in [5, 5.41) is 0. The summed E-state index contributed by atoms with van der Waals surface area (Å²) in [7, 11) is 0. The van der Waals surface area contributed by atoms with E-state index < -0.39 is 0 Å². The van der Waals surface area contributed by atoms with Gasteiger partial charge in [0.2, 0.25) is 0 Å². The minimum absolute atomic E-state index is 0.597. The van der Waals surface area contributed by atoms with E-state index in [0.717, 1.165) is 6.54 Å². The highest BCUT2D eigenvalue weighted by Crippen LogP contribution is 2.26. The lowest BCUT2D eigenvalue weighted by Crippen LogP contribution is -2.47. The zero-order valence-corrected chi connectivity index (χ0v) is 16.5. The first kappa shape index (κ1) is 19.1. The minimum atomic E-state index is 0.597. The average molecular weight is 329 g/mol. The van der Waals surface area contributed by atoms with Gasteiger partial charge in [0.05, 0.1) is 0 Å². The SMILES string of the molecule is CC(C)=CCN(c1ccc(C(C)C)cc1)C1CCN(C(C)C)CC1. The van der Waals surface area contributed by atoms with E-state index in [2.05, 4.69) is 81.7 Å². The molecule has 0 unspecified atom stereocenters. The molecule has 2 nitrogen and oxygen atoms in total. The van der Waals surface area contributed by atoms with E-state index in [1.807, 2.05) is 0 Å². The molecule has 0 bridgehead atoms. The van der Waals surface area contributed by atoms with Gasteiger partial charge in [-0.25, -0.2) is 0 Å². The number of likely N-dealkylation sites (tertiary alicyclic amines) is 1. The first-order valence-electron chi connectivity index (χ1n) is 9.62. The lowest BCUT2D eigenvalue weighted by atomic mass is 9.99. The molecular formula is C22H36N2. The van der Waals surface area contributed by atoms with Crippen LogP contribution in [0.3, 0.4) is 0 Å². The second-order valence-corrected chi connectivity index (χ2v) is 8.04. The third-order valence-corrected chi connectivity index (χ3v) is 5.26. The maximum atomic E-state index is 2.62. The van der Waals surface area contributed by atoms with Gasteiger partial charge in [0.1, 0.15) is 0 Å². The predicted octanol–water partition coefficient (Wildman–Crippen LogP) is 5.46. The first-order valence-corrected chi connectivity index (χ1v) is 9.62. The summed E-state index contributed by atoms with van der Waals surface area (Å²) >= 11 is 0. The van der Waals surface area contributed by atoms with Gasteiger partial charge in [0, 0.05) is 37.4 Å². The van der Waals surface area contributed by atoms with E-state index >= 15 is 0 Å². The van der Waals surface area contributed by atoms with Crippen molar-refractivity contribution >= 4 is 5.69 Å². The van der Waals surface area contributed by atoms with E-state index in [-0.39, 0.29) is 0 Å². The molecule has 1 aliphatic heterocycles. The largest absolute Gasteiger partial charge is 0.365 e. The van der Waals surface area contributed by atoms with E-state index in [1.54, 1.807) is 0 Å². The quantitative estimate of drug-likeness (QED) is 0.640. The van der Waals surface area contributed by atoms with Crippen molar-refractivity contribution < 1.29 is 0 Å². The molecule has 24 heavy (non-hydrogen) atoms. The molecule has 1 saturated heterocycles. The summed E-state index contributed by atoms with van der Waals surface area (Å²) in [5.74, 6) is 0.597. The van der Waals surface area contributed by atoms with E-state index in [1.165, 1.54) is 42.8 Å². The summed E-state index contributed by atoms with van der Waals surface area (Å²) in [6.45, 7) is 17.0. The summed E-state index contributed by atoms with van der Waals surface area (Å²) < 4.78 is 0. The van der Waals surface area contributed by atoms with Gasteiger partial charge >= 0.3 is 0 Å². The van der Waals surface area contributed by atoms with Crippen molar-refractivity contribution in [3.8, 4) is 0 Å². The number of allylic oxidation sites excluding steroid dienone is 1. The molecule has 1 heterocycles. The van der Waals surface area contributed by atoms with Crippen LogP contribution in [0.25, 0.3) is 0 Å². The highest BCUT2D eigenvalue weighted by molar-refractivity contribution is 5.50. The van der Waals surface area contributed by atoms with Crippen molar-refractivity contribution in [1.29, 1.82) is 0 Å². The normalized spacial score (nSPS) is 16.7. The Morgan fingerprint density at radius 1 is 1.08 bits per heavy atom. The number of benzene rings is 1. The Kier molecular flexibility index (Phi) is 6.91. The lowest BCUT2D eigenvalue weighted by molar-refractivity contribution is 0.170. The van der Waals surface area contributed by atoms with Crippen molar-refractivity contribution in [3.63, 3.8) is 0 Å². The zero-order valence-electron chi connectivity index (χ0n) is 16.5. The molecule has 1 aromatic rings. The molecule has 134 valence electrons. The molecule has 0 spiro atoms. The molecule has 0 saturated carbocycles. The highest BCUT2D eigenvalue weighted by Gasteiger charge is 2.25. The predicted molar refractivity (Wildman–Crippen MR) is 107 cm³/mol. The second-order valence-electron chi connectivity index (χ2n) is 8.04. The van der Waals surface area contributed by atoms with Crippen LogP contribution < -0.4 is 4.90 Å². The Bertz CT molecular complexity index is 515. The number of hydrogen-bond donors (Lipinski definition) is 0. The molecule has 1 fully saturated rings. The van der Waals surface area contributed by atoms with Gasteiger partial charge in [-0.15, -0.1) is 0 Å². The van der Waals surface area contributed by atoms with Crippen LogP contribution in [-0.4, -0.2) is 36.6 Å². The van der Waals surface area contributed by atoms with Gasteiger partial charge in [0.25, 0.3) is 0 Å². The summed E-state index contributed by atoms with van der Waals surface area (Å²) in [6, 6.07) is 10.6. The Balaban J connectivity index is 2.14. The van der Waals surface area contributed by atoms with Crippen LogP contribution in [0.2, 0.25) is 0 Å². The Hall–Kier alpha value is -1.28. The fraction of sp³-hybridized carbons (Fsp3) is 0.636. The average Bonchev–Trinajstić information content (AvgIpc) is 2.55. The number of rotatable bonds is 6. The number of piperidine rings is 1. The van der Waals surface area contributed by atoms with Gasteiger partial charge in [-0.1, -0.05) is 37.6 Å². The van der Waals surface area contributed by atoms with Crippen molar-refractivity contribution in [3.05, 3.63) is 41.5 Å². The van der Waals surface area contributed by atoms with E-state index in [9.17, 15) is 0 Å². The monoisotopic (exact) mass is 328 g/mol. The summed E-state index contributed by atoms with van der Waals surface area (Å²) in [6.07, 6.45) is 4.90. The summed E-state index contributed by atoms with van der Waals surface area (Å²) in [5.41, 5.74) is 4.20. The summed E-state index contributed by atoms with van der Waals surface area (Å²) in [4.78, 5) is 5.23. The van der Waals surface area contributed by atoms with Gasteiger partial charge in [0.15, 0.2) is 0 Å². The van der Waals surface area contributed by atoms with Crippen LogP contribution in [0.15, 0.2) is 35.9 Å². The molecule has 1 aromatic carbocycles. The lowest BCUT2D eigenvalue weighted by Gasteiger charge is -2.41. The van der Waals surface area contributed by atoms with Crippen LogP contribution in [-0.2, 0) is 0 Å². The van der Waals surface area contributed by atoms with Crippen LogP contribution in [0.4, 0.5) is 5.69 Å². The maximum absolute atomic E-state index is 2.62. The van der Waals surface area contributed by atoms with Gasteiger partial charge in [-0.3, -0.25) is 0 Å².